The molecule has 8 rings (SSSR count). The van der Waals surface area contributed by atoms with Crippen molar-refractivity contribution >= 4 is 57.4 Å². The average Bonchev–Trinajstić information content (AvgIpc) is 3.47. The van der Waals surface area contributed by atoms with E-state index in [4.69, 9.17) is 21.7 Å². The Morgan fingerprint density at radius 3 is 2.56 bits per heavy atom. The van der Waals surface area contributed by atoms with E-state index in [1.165, 1.54) is 22.2 Å². The number of halogens is 1. The molecule has 2 aromatic heterocycles. The highest BCUT2D eigenvalue weighted by atomic mass is 35.5. The summed E-state index contributed by atoms with van der Waals surface area (Å²) in [5.74, 6) is 2.92. The zero-order chi connectivity index (χ0) is 37.7. The van der Waals surface area contributed by atoms with E-state index in [1.807, 2.05) is 18.8 Å². The lowest BCUT2D eigenvalue weighted by Gasteiger charge is -2.47. The molecule has 3 N–H and O–H groups in total. The lowest BCUT2D eigenvalue weighted by atomic mass is 9.79. The number of allylic oxidation sites excluding steroid dienone is 4. The van der Waals surface area contributed by atoms with Crippen molar-refractivity contribution in [3.8, 4) is 0 Å². The second kappa shape index (κ2) is 14.5. The molecule has 1 atom stereocenters. The van der Waals surface area contributed by atoms with Crippen LogP contribution in [-0.4, -0.2) is 60.0 Å². The predicted octanol–water partition coefficient (Wildman–Crippen LogP) is 8.47. The Morgan fingerprint density at radius 1 is 1.00 bits per heavy atom. The lowest BCUT2D eigenvalue weighted by molar-refractivity contribution is 0.229. The number of benzene rings is 2. The summed E-state index contributed by atoms with van der Waals surface area (Å²) in [6.45, 7) is 20.8. The fourth-order valence-electron chi connectivity index (χ4n) is 8.54. The highest BCUT2D eigenvalue weighted by molar-refractivity contribution is 6.32. The fourth-order valence-corrected chi connectivity index (χ4v) is 8.68. The van der Waals surface area contributed by atoms with Gasteiger partial charge < -0.3 is 30.7 Å². The van der Waals surface area contributed by atoms with Crippen molar-refractivity contribution in [2.24, 2.45) is 18.9 Å². The summed E-state index contributed by atoms with van der Waals surface area (Å²) in [7, 11) is 6.02. The molecule has 2 aromatic carbocycles. The number of anilines is 5. The summed E-state index contributed by atoms with van der Waals surface area (Å²) < 4.78 is 2.03. The molecule has 54 heavy (non-hydrogen) atoms. The van der Waals surface area contributed by atoms with Gasteiger partial charge in [-0.2, -0.15) is 10.1 Å². The van der Waals surface area contributed by atoms with E-state index in [-0.39, 0.29) is 5.92 Å². The van der Waals surface area contributed by atoms with Crippen molar-refractivity contribution in [3.63, 3.8) is 0 Å². The molecule has 4 aliphatic heterocycles. The van der Waals surface area contributed by atoms with Gasteiger partial charge in [0.15, 0.2) is 5.82 Å². The number of likely N-dealkylation sites (N-methyl/N-ethyl adjacent to an activating group) is 1. The molecule has 0 spiro atoms. The van der Waals surface area contributed by atoms with Crippen LogP contribution in [0.3, 0.4) is 0 Å². The molecule has 3 fully saturated rings. The molecule has 10 nitrogen and oxygen atoms in total. The van der Waals surface area contributed by atoms with Gasteiger partial charge in [-0.1, -0.05) is 37.9 Å². The van der Waals surface area contributed by atoms with Gasteiger partial charge in [-0.05, 0) is 98.4 Å². The standard InChI is InChI=1S/C43H51ClN10/c1-26(45-5)8-10-31-20-32-21-34(11-15-39(32)51(6)29(31)4)48-42-38(44)23-46-43(49-42)53-18-16-30(17-19-53)33-24-54(25-33)35-12-14-37-40(22-35)52(7)50-41(37)36-13-9-27(2)47-28(36)3/h11-12,14-15,20-23,30,33,36,45,47H,1-4,8-10,13,16-19,24-25H2,5-7H3,(H,46,48,49). The molecule has 4 aromatic rings. The van der Waals surface area contributed by atoms with Gasteiger partial charge in [0.05, 0.1) is 17.4 Å². The average molecular weight is 743 g/mol. The summed E-state index contributed by atoms with van der Waals surface area (Å²) >= 11 is 6.65. The minimum absolute atomic E-state index is 0.204. The third kappa shape index (κ3) is 6.83. The number of aromatic nitrogens is 4. The lowest BCUT2D eigenvalue weighted by Crippen LogP contribution is -2.52. The quantitative estimate of drug-likeness (QED) is 0.148. The minimum Gasteiger partial charge on any atom is -0.392 e. The van der Waals surface area contributed by atoms with Crippen molar-refractivity contribution < 1.29 is 0 Å². The number of piperidine rings is 2. The van der Waals surface area contributed by atoms with Crippen molar-refractivity contribution in [1.29, 1.82) is 0 Å². The highest BCUT2D eigenvalue weighted by Gasteiger charge is 2.36. The van der Waals surface area contributed by atoms with Crippen molar-refractivity contribution in [2.45, 2.75) is 44.4 Å². The van der Waals surface area contributed by atoms with Crippen molar-refractivity contribution in [3.05, 3.63) is 114 Å². The van der Waals surface area contributed by atoms with Gasteiger partial charge in [0.2, 0.25) is 5.95 Å². The van der Waals surface area contributed by atoms with Crippen molar-refractivity contribution in [2.75, 3.05) is 60.3 Å². The summed E-state index contributed by atoms with van der Waals surface area (Å²) in [5, 5.41) is 16.6. The van der Waals surface area contributed by atoms with Gasteiger partial charge in [0.25, 0.3) is 0 Å². The van der Waals surface area contributed by atoms with Crippen LogP contribution in [0.15, 0.2) is 97.3 Å². The maximum atomic E-state index is 6.65. The molecule has 0 amide bonds. The molecule has 0 bridgehead atoms. The third-order valence-corrected chi connectivity index (χ3v) is 12.3. The Labute approximate surface area is 324 Å². The Bertz CT molecular complexity index is 2190. The second-order valence-electron chi connectivity index (χ2n) is 15.3. The summed E-state index contributed by atoms with van der Waals surface area (Å²) in [4.78, 5) is 16.5. The van der Waals surface area contributed by atoms with E-state index in [0.717, 1.165) is 116 Å². The molecular formula is C43H51ClN10. The number of hydrogen-bond acceptors (Lipinski definition) is 9. The van der Waals surface area contributed by atoms with Crippen LogP contribution in [0.4, 0.5) is 28.8 Å². The topological polar surface area (TPSA) is 89.4 Å². The number of hydrogen-bond donors (Lipinski definition) is 3. The van der Waals surface area contributed by atoms with Gasteiger partial charge >= 0.3 is 0 Å². The first kappa shape index (κ1) is 35.8. The third-order valence-electron chi connectivity index (χ3n) is 12.0. The largest absolute Gasteiger partial charge is 0.392 e. The van der Waals surface area contributed by atoms with Crippen LogP contribution in [0.2, 0.25) is 5.02 Å². The van der Waals surface area contributed by atoms with Crippen molar-refractivity contribution in [1.82, 2.24) is 30.4 Å². The van der Waals surface area contributed by atoms with Gasteiger partial charge in [-0.15, -0.1) is 0 Å². The SMILES string of the molecule is C=C(CCC1=Cc2cc(Nc3nc(N4CCC(C5CN(c6ccc7c(C8CCC(=C)NC8=C)nn(C)c7c6)C5)CC4)ncc3Cl)ccc2N(C)C1=C)NC. The number of aryl methyl sites for hydroxylation is 1. The molecule has 3 saturated heterocycles. The minimum atomic E-state index is 0.204. The highest BCUT2D eigenvalue weighted by Crippen LogP contribution is 2.41. The van der Waals surface area contributed by atoms with Crippen LogP contribution in [-0.2, 0) is 7.05 Å². The van der Waals surface area contributed by atoms with Crippen LogP contribution in [0.5, 0.6) is 0 Å². The normalized spacial score (nSPS) is 19.4. The zero-order valence-electron chi connectivity index (χ0n) is 31.8. The molecule has 280 valence electrons. The van der Waals surface area contributed by atoms with E-state index in [0.29, 0.717) is 22.7 Å². The van der Waals surface area contributed by atoms with Gasteiger partial charge in [-0.25, -0.2) is 4.98 Å². The first-order valence-corrected chi connectivity index (χ1v) is 19.5. The zero-order valence-corrected chi connectivity index (χ0v) is 32.5. The van der Waals surface area contributed by atoms with E-state index in [2.05, 4.69) is 111 Å². The van der Waals surface area contributed by atoms with E-state index in [9.17, 15) is 0 Å². The molecular weight excluding hydrogens is 692 g/mol. The predicted molar refractivity (Wildman–Crippen MR) is 224 cm³/mol. The fraction of sp³-hybridized carbons (Fsp3) is 0.372. The summed E-state index contributed by atoms with van der Waals surface area (Å²) in [6.07, 6.45) is 9.86. The van der Waals surface area contributed by atoms with Crippen LogP contribution in [0.1, 0.15) is 55.7 Å². The number of fused-ring (bicyclic) bond motifs is 2. The Morgan fingerprint density at radius 2 is 1.80 bits per heavy atom. The van der Waals surface area contributed by atoms with E-state index < -0.39 is 0 Å². The van der Waals surface area contributed by atoms with Gasteiger partial charge in [-0.3, -0.25) is 4.68 Å². The maximum Gasteiger partial charge on any atom is 0.227 e. The number of nitrogens with one attached hydrogen (secondary N) is 3. The van der Waals surface area contributed by atoms with Crippen LogP contribution in [0.25, 0.3) is 17.0 Å². The molecule has 0 aliphatic carbocycles. The molecule has 0 radical (unpaired) electrons. The monoisotopic (exact) mass is 742 g/mol. The van der Waals surface area contributed by atoms with Gasteiger partial charge in [0.1, 0.15) is 5.02 Å². The van der Waals surface area contributed by atoms with Crippen LogP contribution < -0.4 is 30.7 Å². The maximum absolute atomic E-state index is 6.65. The van der Waals surface area contributed by atoms with Gasteiger partial charge in [0, 0.05) is 104 Å². The molecule has 4 aliphatic rings. The number of nitrogens with zero attached hydrogens (tertiary/aromatic N) is 7. The summed E-state index contributed by atoms with van der Waals surface area (Å²) in [5.41, 5.74) is 12.0. The molecule has 6 heterocycles. The Kier molecular flexibility index (Phi) is 9.64. The van der Waals surface area contributed by atoms with E-state index in [1.54, 1.807) is 6.20 Å². The van der Waals surface area contributed by atoms with Crippen LogP contribution >= 0.6 is 11.6 Å². The molecule has 11 heteroatoms. The number of rotatable bonds is 10. The summed E-state index contributed by atoms with van der Waals surface area (Å²) in [6, 6.07) is 13.2. The van der Waals surface area contributed by atoms with Crippen LogP contribution in [0, 0.1) is 11.8 Å². The Balaban J connectivity index is 0.878. The molecule has 1 unspecified atom stereocenters. The Hall–Kier alpha value is -5.22. The smallest absolute Gasteiger partial charge is 0.227 e. The first-order valence-electron chi connectivity index (χ1n) is 19.1. The molecule has 0 saturated carbocycles. The van der Waals surface area contributed by atoms with E-state index >= 15 is 0 Å². The second-order valence-corrected chi connectivity index (χ2v) is 15.7. The first-order chi connectivity index (χ1) is 26.1.